The summed E-state index contributed by atoms with van der Waals surface area (Å²) in [5.41, 5.74) is 2.62. The summed E-state index contributed by atoms with van der Waals surface area (Å²) in [6.07, 6.45) is 2.10. The third kappa shape index (κ3) is 3.16. The average molecular weight is 406 g/mol. The van der Waals surface area contributed by atoms with E-state index >= 15 is 0 Å². The molecule has 1 aliphatic heterocycles. The highest BCUT2D eigenvalue weighted by Gasteiger charge is 2.30. The Morgan fingerprint density at radius 1 is 1.28 bits per heavy atom. The summed E-state index contributed by atoms with van der Waals surface area (Å²) in [6.45, 7) is 0.0237. The zero-order valence-corrected chi connectivity index (χ0v) is 15.1. The first-order valence-electron chi connectivity index (χ1n) is 8.23. The van der Waals surface area contributed by atoms with E-state index in [4.69, 9.17) is 4.74 Å². The van der Waals surface area contributed by atoms with Crippen molar-refractivity contribution in [3.8, 4) is 5.75 Å². The largest absolute Gasteiger partial charge is 0.425 e. The summed E-state index contributed by atoms with van der Waals surface area (Å²) in [6, 6.07) is 8.81. The van der Waals surface area contributed by atoms with Gasteiger partial charge in [0, 0.05) is 21.3 Å². The number of esters is 1. The van der Waals surface area contributed by atoms with Crippen LogP contribution in [0, 0.1) is 5.82 Å². The Morgan fingerprint density at radius 3 is 2.80 bits per heavy atom. The van der Waals surface area contributed by atoms with Crippen molar-refractivity contribution >= 4 is 27.6 Å². The van der Waals surface area contributed by atoms with Crippen LogP contribution < -0.4 is 9.64 Å². The quantitative estimate of drug-likeness (QED) is 0.621. The Morgan fingerprint density at radius 2 is 2.08 bits per heavy atom. The van der Waals surface area contributed by atoms with Gasteiger partial charge in [-0.05, 0) is 48.6 Å². The molecule has 0 atom stereocenters. The highest BCUT2D eigenvalue weighted by molar-refractivity contribution is 9.10. The van der Waals surface area contributed by atoms with E-state index in [1.807, 2.05) is 18.2 Å². The maximum atomic E-state index is 14.7. The van der Waals surface area contributed by atoms with Crippen molar-refractivity contribution in [1.82, 2.24) is 0 Å². The molecule has 1 saturated carbocycles. The Kier molecular flexibility index (Phi) is 4.25. The zero-order valence-electron chi connectivity index (χ0n) is 13.5. The van der Waals surface area contributed by atoms with Gasteiger partial charge in [-0.3, -0.25) is 0 Å². The van der Waals surface area contributed by atoms with Gasteiger partial charge in [-0.15, -0.1) is 0 Å². The van der Waals surface area contributed by atoms with Crippen molar-refractivity contribution in [1.29, 1.82) is 0 Å². The summed E-state index contributed by atoms with van der Waals surface area (Å²) in [5, 5.41) is 9.67. The highest BCUT2D eigenvalue weighted by Crippen LogP contribution is 2.43. The van der Waals surface area contributed by atoms with Gasteiger partial charge >= 0.3 is 5.97 Å². The van der Waals surface area contributed by atoms with Crippen molar-refractivity contribution < 1.29 is 19.0 Å². The first kappa shape index (κ1) is 16.5. The lowest BCUT2D eigenvalue weighted by Crippen LogP contribution is -2.30. The van der Waals surface area contributed by atoms with Crippen LogP contribution in [0.25, 0.3) is 0 Å². The van der Waals surface area contributed by atoms with Gasteiger partial charge in [-0.2, -0.15) is 0 Å². The van der Waals surface area contributed by atoms with Crippen molar-refractivity contribution in [2.24, 2.45) is 0 Å². The lowest BCUT2D eigenvalue weighted by molar-refractivity contribution is -0.132. The fraction of sp³-hybridized carbons (Fsp3) is 0.316. The summed E-state index contributed by atoms with van der Waals surface area (Å²) < 4.78 is 20.9. The van der Waals surface area contributed by atoms with E-state index < -0.39 is 5.97 Å². The minimum absolute atomic E-state index is 0.00364. The number of aliphatic hydroxyl groups excluding tert-OH is 1. The molecule has 0 unspecified atom stereocenters. The highest BCUT2D eigenvalue weighted by atomic mass is 79.9. The van der Waals surface area contributed by atoms with Crippen LogP contribution in [0.1, 0.15) is 35.4 Å². The Hall–Kier alpha value is -1.92. The predicted octanol–water partition coefficient (Wildman–Crippen LogP) is 3.88. The van der Waals surface area contributed by atoms with E-state index in [-0.39, 0.29) is 25.5 Å². The number of rotatable bonds is 3. The Labute approximate surface area is 153 Å². The fourth-order valence-electron chi connectivity index (χ4n) is 3.26. The number of anilines is 1. The molecule has 0 spiro atoms. The molecule has 0 radical (unpaired) electrons. The number of aliphatic hydroxyl groups is 1. The van der Waals surface area contributed by atoms with Gasteiger partial charge in [0.2, 0.25) is 0 Å². The topological polar surface area (TPSA) is 49.8 Å². The number of hydrogen-bond donors (Lipinski definition) is 1. The van der Waals surface area contributed by atoms with Gasteiger partial charge < -0.3 is 14.7 Å². The molecule has 1 fully saturated rings. The molecule has 1 aliphatic carbocycles. The summed E-state index contributed by atoms with van der Waals surface area (Å²) in [4.78, 5) is 14.0. The van der Waals surface area contributed by atoms with E-state index in [2.05, 4.69) is 15.9 Å². The minimum Gasteiger partial charge on any atom is -0.425 e. The number of benzene rings is 2. The van der Waals surface area contributed by atoms with Gasteiger partial charge in [-0.25, -0.2) is 9.18 Å². The van der Waals surface area contributed by atoms with Crippen molar-refractivity contribution in [3.63, 3.8) is 0 Å². The second kappa shape index (κ2) is 6.42. The lowest BCUT2D eigenvalue weighted by atomic mass is 10.0. The first-order chi connectivity index (χ1) is 12.1. The molecular weight excluding hydrogens is 389 g/mol. The van der Waals surface area contributed by atoms with E-state index in [9.17, 15) is 14.3 Å². The molecule has 4 nitrogen and oxygen atoms in total. The SMILES string of the molecule is O=C1CN(c2cccc(Br)c2CO)Cc2c(F)cc(C3CC3)cc2O1. The Bertz CT molecular complexity index is 851. The van der Waals surface area contributed by atoms with Crippen molar-refractivity contribution in [2.45, 2.75) is 31.9 Å². The van der Waals surface area contributed by atoms with Gasteiger partial charge in [-0.1, -0.05) is 22.0 Å². The third-order valence-corrected chi connectivity index (χ3v) is 5.45. The van der Waals surface area contributed by atoms with Crippen molar-refractivity contribution in [2.75, 3.05) is 11.4 Å². The second-order valence-electron chi connectivity index (χ2n) is 6.48. The lowest BCUT2D eigenvalue weighted by Gasteiger charge is -2.24. The van der Waals surface area contributed by atoms with E-state index in [0.29, 0.717) is 28.5 Å². The van der Waals surface area contributed by atoms with Gasteiger partial charge in [0.25, 0.3) is 0 Å². The number of fused-ring (bicyclic) bond motifs is 1. The molecule has 25 heavy (non-hydrogen) atoms. The van der Waals surface area contributed by atoms with Crippen LogP contribution in [-0.4, -0.2) is 17.6 Å². The molecule has 0 bridgehead atoms. The Balaban J connectivity index is 1.76. The van der Waals surface area contributed by atoms with Crippen LogP contribution >= 0.6 is 15.9 Å². The number of carbonyl (C=O) groups is 1. The smallest absolute Gasteiger partial charge is 0.330 e. The maximum Gasteiger partial charge on any atom is 0.330 e. The fourth-order valence-corrected chi connectivity index (χ4v) is 3.74. The molecule has 1 heterocycles. The normalized spacial score (nSPS) is 17.1. The van der Waals surface area contributed by atoms with Gasteiger partial charge in [0.15, 0.2) is 0 Å². The standard InChI is InChI=1S/C19H17BrFNO3/c20-15-2-1-3-17(14(15)10-23)22-8-13-16(21)6-12(11-4-5-11)7-18(13)25-19(24)9-22/h1-3,6-7,11,23H,4-5,8-10H2. The molecule has 2 aliphatic rings. The molecule has 0 saturated heterocycles. The summed E-state index contributed by atoms with van der Waals surface area (Å²) >= 11 is 3.41. The van der Waals surface area contributed by atoms with E-state index in [0.717, 1.165) is 22.9 Å². The monoisotopic (exact) mass is 405 g/mol. The summed E-state index contributed by atoms with van der Waals surface area (Å²) in [5.74, 6) is -0.0894. The molecule has 4 rings (SSSR count). The van der Waals surface area contributed by atoms with Crippen LogP contribution in [0.3, 0.4) is 0 Å². The second-order valence-corrected chi connectivity index (χ2v) is 7.33. The molecule has 130 valence electrons. The number of carbonyl (C=O) groups excluding carboxylic acids is 1. The molecule has 2 aromatic rings. The van der Waals surface area contributed by atoms with Gasteiger partial charge in [0.1, 0.15) is 18.1 Å². The van der Waals surface area contributed by atoms with Crippen LogP contribution in [-0.2, 0) is 17.9 Å². The van der Waals surface area contributed by atoms with Gasteiger partial charge in [0.05, 0.1) is 13.2 Å². The zero-order chi connectivity index (χ0) is 17.6. The maximum absolute atomic E-state index is 14.7. The van der Waals surface area contributed by atoms with Crippen LogP contribution in [0.5, 0.6) is 5.75 Å². The number of halogens is 2. The molecule has 0 aromatic heterocycles. The van der Waals surface area contributed by atoms with E-state index in [1.165, 1.54) is 0 Å². The van der Waals surface area contributed by atoms with Crippen LogP contribution in [0.15, 0.2) is 34.8 Å². The first-order valence-corrected chi connectivity index (χ1v) is 9.02. The molecular formula is C19H17BrFNO3. The number of ether oxygens (including phenoxy) is 1. The number of hydrogen-bond acceptors (Lipinski definition) is 4. The minimum atomic E-state index is -0.435. The molecule has 2 aromatic carbocycles. The average Bonchev–Trinajstić information content (AvgIpc) is 3.41. The van der Waals surface area contributed by atoms with Crippen LogP contribution in [0.2, 0.25) is 0 Å². The van der Waals surface area contributed by atoms with Crippen LogP contribution in [0.4, 0.5) is 10.1 Å². The molecule has 1 N–H and O–H groups in total. The predicted molar refractivity (Wildman–Crippen MR) is 95.1 cm³/mol. The van der Waals surface area contributed by atoms with E-state index in [1.54, 1.807) is 17.0 Å². The third-order valence-electron chi connectivity index (χ3n) is 4.71. The number of nitrogens with zero attached hydrogens (tertiary/aromatic N) is 1. The van der Waals surface area contributed by atoms with Crippen molar-refractivity contribution in [3.05, 3.63) is 57.3 Å². The molecule has 0 amide bonds. The molecule has 6 heteroatoms. The summed E-state index contributed by atoms with van der Waals surface area (Å²) in [7, 11) is 0.